The normalized spacial score (nSPS) is 18.2. The number of imidazole rings is 1. The first-order valence-electron chi connectivity index (χ1n) is 12.0. The van der Waals surface area contributed by atoms with Crippen molar-refractivity contribution in [3.8, 4) is 17.0 Å². The number of fused-ring (bicyclic) bond motifs is 2. The maximum atomic E-state index is 14.5. The number of hydrogen-bond acceptors (Lipinski definition) is 6. The Bertz CT molecular complexity index is 1650. The van der Waals surface area contributed by atoms with Gasteiger partial charge in [-0.3, -0.25) is 9.59 Å². The number of carbonyl (C=O) groups is 2. The SMILES string of the molecule is Cc1cccc2nc(C(=O)NCC(O)(c3cc4c(c(-c5ccc(F)cc5)n3)OC[C@]4(C)C(N)=O)C(F)(F)F)cn12. The van der Waals surface area contributed by atoms with Gasteiger partial charge in [-0.1, -0.05) is 6.07 Å². The number of aromatic nitrogens is 3. The lowest BCUT2D eigenvalue weighted by molar-refractivity contribution is -0.265. The standard InChI is InChI=1S/C27H23F4N5O4/c1-14-4-3-5-20-34-18(11-36(14)20)23(37)33-12-26(39,27(29,30)31)19-10-17-22(40-13-25(17,2)24(32)38)21(35-19)15-6-8-16(28)9-7-15/h3-11,39H,12-13H2,1-2H3,(H2,32,38)(H,33,37)/t25-,26?/m0/s1. The molecule has 0 radical (unpaired) electrons. The molecule has 4 aromatic rings. The number of alkyl halides is 3. The van der Waals surface area contributed by atoms with Crippen LogP contribution >= 0.6 is 0 Å². The van der Waals surface area contributed by atoms with Crippen LogP contribution in [-0.4, -0.2) is 50.6 Å². The number of rotatable bonds is 6. The molecule has 1 aliphatic heterocycles. The number of nitrogens with two attached hydrogens (primary N) is 1. The van der Waals surface area contributed by atoms with Crippen molar-refractivity contribution in [3.05, 3.63) is 83.2 Å². The Morgan fingerprint density at radius 3 is 2.50 bits per heavy atom. The Kier molecular flexibility index (Phi) is 6.29. The Morgan fingerprint density at radius 2 is 1.88 bits per heavy atom. The molecule has 2 amide bonds. The lowest BCUT2D eigenvalue weighted by Gasteiger charge is -2.31. The van der Waals surface area contributed by atoms with Gasteiger partial charge in [-0.2, -0.15) is 13.2 Å². The molecule has 0 saturated heterocycles. The van der Waals surface area contributed by atoms with E-state index in [0.29, 0.717) is 5.65 Å². The number of benzene rings is 1. The summed E-state index contributed by atoms with van der Waals surface area (Å²) in [5, 5.41) is 13.2. The van der Waals surface area contributed by atoms with E-state index in [-0.39, 0.29) is 34.9 Å². The molecule has 2 atom stereocenters. The highest BCUT2D eigenvalue weighted by Crippen LogP contribution is 2.47. The van der Waals surface area contributed by atoms with E-state index in [0.717, 1.165) is 23.9 Å². The zero-order valence-corrected chi connectivity index (χ0v) is 21.2. The maximum absolute atomic E-state index is 14.5. The van der Waals surface area contributed by atoms with Gasteiger partial charge in [0.25, 0.3) is 5.91 Å². The van der Waals surface area contributed by atoms with Gasteiger partial charge in [0.15, 0.2) is 0 Å². The highest BCUT2D eigenvalue weighted by atomic mass is 19.4. The van der Waals surface area contributed by atoms with Gasteiger partial charge in [-0.25, -0.2) is 14.4 Å². The highest BCUT2D eigenvalue weighted by Gasteiger charge is 2.57. The van der Waals surface area contributed by atoms with Crippen molar-refractivity contribution < 1.29 is 37.0 Å². The Morgan fingerprint density at radius 1 is 1.18 bits per heavy atom. The summed E-state index contributed by atoms with van der Waals surface area (Å²) in [6, 6.07) is 10.7. The average molecular weight is 558 g/mol. The minimum atomic E-state index is -5.33. The number of carbonyl (C=O) groups excluding carboxylic acids is 2. The van der Waals surface area contributed by atoms with Crippen LogP contribution in [0.15, 0.2) is 54.7 Å². The summed E-state index contributed by atoms with van der Waals surface area (Å²) in [6.07, 6.45) is -3.97. The number of ether oxygens (including phenoxy) is 1. The van der Waals surface area contributed by atoms with E-state index in [2.05, 4.69) is 15.3 Å². The van der Waals surface area contributed by atoms with Crippen molar-refractivity contribution in [2.75, 3.05) is 13.2 Å². The van der Waals surface area contributed by atoms with Gasteiger partial charge in [0.05, 0.1) is 12.2 Å². The van der Waals surface area contributed by atoms with Gasteiger partial charge in [-0.05, 0) is 56.3 Å². The zero-order chi connectivity index (χ0) is 29.0. The average Bonchev–Trinajstić information content (AvgIpc) is 3.50. The van der Waals surface area contributed by atoms with Crippen LogP contribution < -0.4 is 15.8 Å². The summed E-state index contributed by atoms with van der Waals surface area (Å²) in [4.78, 5) is 33.3. The zero-order valence-electron chi connectivity index (χ0n) is 21.2. The number of nitrogens with one attached hydrogen (secondary N) is 1. The smallest absolute Gasteiger partial charge is 0.424 e. The Labute approximate surface area is 224 Å². The number of nitrogens with zero attached hydrogens (tertiary/aromatic N) is 3. The van der Waals surface area contributed by atoms with Gasteiger partial charge >= 0.3 is 6.18 Å². The minimum Gasteiger partial charge on any atom is -0.489 e. The second-order valence-electron chi connectivity index (χ2n) is 9.79. The molecule has 1 unspecified atom stereocenters. The number of amides is 2. The van der Waals surface area contributed by atoms with Gasteiger partial charge in [0.1, 0.15) is 40.6 Å². The van der Waals surface area contributed by atoms with Crippen LogP contribution in [0.4, 0.5) is 17.6 Å². The summed E-state index contributed by atoms with van der Waals surface area (Å²) >= 11 is 0. The molecule has 1 aliphatic rings. The number of primary amides is 1. The Balaban J connectivity index is 1.59. The molecule has 208 valence electrons. The van der Waals surface area contributed by atoms with E-state index in [1.54, 1.807) is 29.5 Å². The second-order valence-corrected chi connectivity index (χ2v) is 9.79. The number of pyridine rings is 2. The van der Waals surface area contributed by atoms with Crippen LogP contribution in [0.3, 0.4) is 0 Å². The number of aryl methyl sites for hydroxylation is 1. The van der Waals surface area contributed by atoms with Crippen molar-refractivity contribution in [2.45, 2.75) is 31.0 Å². The molecule has 0 bridgehead atoms. The summed E-state index contributed by atoms with van der Waals surface area (Å²) in [5.41, 5.74) is 0.353. The molecule has 4 heterocycles. The van der Waals surface area contributed by atoms with Crippen molar-refractivity contribution in [2.24, 2.45) is 5.73 Å². The molecule has 40 heavy (non-hydrogen) atoms. The molecule has 1 aromatic carbocycles. The topological polar surface area (TPSA) is 132 Å². The molecule has 13 heteroatoms. The third-order valence-electron chi connectivity index (χ3n) is 7.06. The molecule has 0 spiro atoms. The lowest BCUT2D eigenvalue weighted by Crippen LogP contribution is -2.52. The van der Waals surface area contributed by atoms with Crippen molar-refractivity contribution in [3.63, 3.8) is 0 Å². The van der Waals surface area contributed by atoms with Crippen LogP contribution in [0, 0.1) is 12.7 Å². The third kappa shape index (κ3) is 4.31. The van der Waals surface area contributed by atoms with Gasteiger partial charge in [-0.15, -0.1) is 0 Å². The lowest BCUT2D eigenvalue weighted by atomic mass is 9.81. The van der Waals surface area contributed by atoms with E-state index in [9.17, 15) is 32.3 Å². The molecule has 0 aliphatic carbocycles. The van der Waals surface area contributed by atoms with E-state index < -0.39 is 47.1 Å². The number of hydrogen-bond donors (Lipinski definition) is 3. The second kappa shape index (κ2) is 9.30. The van der Waals surface area contributed by atoms with Gasteiger partial charge < -0.3 is 25.3 Å². The molecule has 3 aromatic heterocycles. The number of aliphatic hydroxyl groups is 1. The van der Waals surface area contributed by atoms with E-state index in [4.69, 9.17) is 10.5 Å². The molecular formula is C27H23F4N5O4. The first-order valence-corrected chi connectivity index (χ1v) is 12.0. The van der Waals surface area contributed by atoms with E-state index >= 15 is 0 Å². The monoisotopic (exact) mass is 557 g/mol. The van der Waals surface area contributed by atoms with Crippen LogP contribution in [0.1, 0.15) is 34.4 Å². The first-order chi connectivity index (χ1) is 18.7. The largest absolute Gasteiger partial charge is 0.489 e. The molecule has 4 N–H and O–H groups in total. The fourth-order valence-electron chi connectivity index (χ4n) is 4.50. The van der Waals surface area contributed by atoms with Gasteiger partial charge in [0.2, 0.25) is 11.5 Å². The molecule has 0 saturated carbocycles. The fourth-order valence-corrected chi connectivity index (χ4v) is 4.50. The van der Waals surface area contributed by atoms with Crippen molar-refractivity contribution in [1.29, 1.82) is 0 Å². The van der Waals surface area contributed by atoms with Crippen LogP contribution in [0.2, 0.25) is 0 Å². The Hall–Kier alpha value is -4.52. The van der Waals surface area contributed by atoms with Gasteiger partial charge in [0, 0.05) is 23.0 Å². The summed E-state index contributed by atoms with van der Waals surface area (Å²) in [6.45, 7) is 1.54. The van der Waals surface area contributed by atoms with Crippen LogP contribution in [0.25, 0.3) is 16.9 Å². The summed E-state index contributed by atoms with van der Waals surface area (Å²) < 4.78 is 64.4. The van der Waals surface area contributed by atoms with Crippen molar-refractivity contribution >= 4 is 17.5 Å². The molecule has 9 nitrogen and oxygen atoms in total. The third-order valence-corrected chi connectivity index (χ3v) is 7.06. The highest BCUT2D eigenvalue weighted by molar-refractivity contribution is 5.93. The van der Waals surface area contributed by atoms with E-state index in [1.807, 2.05) is 0 Å². The van der Waals surface area contributed by atoms with Crippen LogP contribution in [0.5, 0.6) is 5.75 Å². The first kappa shape index (κ1) is 27.1. The quantitative estimate of drug-likeness (QED) is 0.312. The van der Waals surface area contributed by atoms with Crippen LogP contribution in [-0.2, 0) is 15.8 Å². The van der Waals surface area contributed by atoms with Crippen molar-refractivity contribution in [1.82, 2.24) is 19.7 Å². The molecule has 5 rings (SSSR count). The molecule has 0 fully saturated rings. The maximum Gasteiger partial charge on any atom is 0.424 e. The predicted molar refractivity (Wildman–Crippen MR) is 134 cm³/mol. The van der Waals surface area contributed by atoms with E-state index in [1.165, 1.54) is 25.3 Å². The molecular weight excluding hydrogens is 534 g/mol. The summed E-state index contributed by atoms with van der Waals surface area (Å²) in [5.74, 6) is -2.46. The fraction of sp³-hybridized carbons (Fsp3) is 0.259. The number of halogens is 4. The minimum absolute atomic E-state index is 0.0229. The predicted octanol–water partition coefficient (Wildman–Crippen LogP) is 3.16. The summed E-state index contributed by atoms with van der Waals surface area (Å²) in [7, 11) is 0.